The standard InChI is InChI=1S/C24H49O/c1-5-9-11-13-15-17-20-23(19-7-3)24(25,21-8-4)22-18-16-14-12-10-6-2/h23H,5-22H2,1-4H3. The van der Waals surface area contributed by atoms with Crippen molar-refractivity contribution in [1.29, 1.82) is 0 Å². The Morgan fingerprint density at radius 2 is 1.04 bits per heavy atom. The second kappa shape index (κ2) is 17.4. The summed E-state index contributed by atoms with van der Waals surface area (Å²) in [6.45, 7) is 8.99. The van der Waals surface area contributed by atoms with E-state index in [9.17, 15) is 5.11 Å². The topological polar surface area (TPSA) is 19.9 Å². The third-order valence-electron chi connectivity index (χ3n) is 5.91. The van der Waals surface area contributed by atoms with Gasteiger partial charge in [-0.1, -0.05) is 118 Å². The Hall–Kier alpha value is -0.0400. The lowest BCUT2D eigenvalue weighted by Gasteiger charge is -2.34. The third kappa shape index (κ3) is 12.9. The normalized spacial score (nSPS) is 15.2. The van der Waals surface area contributed by atoms with Crippen molar-refractivity contribution < 1.29 is 5.11 Å². The maximum Gasteiger partial charge on any atom is 0.106 e. The molecule has 0 bridgehead atoms. The van der Waals surface area contributed by atoms with Crippen LogP contribution >= 0.6 is 0 Å². The Kier molecular flexibility index (Phi) is 17.3. The van der Waals surface area contributed by atoms with Crippen LogP contribution in [0.5, 0.6) is 0 Å². The van der Waals surface area contributed by atoms with Crippen LogP contribution in [-0.2, 0) is 5.11 Å². The maximum absolute atomic E-state index is 13.6. The lowest BCUT2D eigenvalue weighted by atomic mass is 9.75. The smallest absolute Gasteiger partial charge is 0.106 e. The predicted molar refractivity (Wildman–Crippen MR) is 113 cm³/mol. The molecule has 0 aromatic rings. The van der Waals surface area contributed by atoms with Gasteiger partial charge in [0.05, 0.1) is 0 Å². The van der Waals surface area contributed by atoms with E-state index in [1.54, 1.807) is 0 Å². The summed E-state index contributed by atoms with van der Waals surface area (Å²) in [6, 6.07) is 0. The Bertz CT molecular complexity index is 263. The molecule has 1 radical (unpaired) electrons. The van der Waals surface area contributed by atoms with Gasteiger partial charge >= 0.3 is 0 Å². The highest BCUT2D eigenvalue weighted by Gasteiger charge is 2.36. The highest BCUT2D eigenvalue weighted by Crippen LogP contribution is 2.36. The summed E-state index contributed by atoms with van der Waals surface area (Å²) in [7, 11) is 0. The summed E-state index contributed by atoms with van der Waals surface area (Å²) in [5, 5.41) is 13.6. The van der Waals surface area contributed by atoms with E-state index in [0.717, 1.165) is 32.1 Å². The fourth-order valence-corrected chi connectivity index (χ4v) is 4.35. The van der Waals surface area contributed by atoms with Gasteiger partial charge in [0.1, 0.15) is 5.60 Å². The van der Waals surface area contributed by atoms with E-state index in [1.165, 1.54) is 83.5 Å². The molecular formula is C24H49O. The minimum Gasteiger partial charge on any atom is -0.229 e. The second-order valence-corrected chi connectivity index (χ2v) is 8.37. The molecule has 0 rings (SSSR count). The van der Waals surface area contributed by atoms with Crippen LogP contribution < -0.4 is 0 Å². The van der Waals surface area contributed by atoms with Gasteiger partial charge in [0.2, 0.25) is 0 Å². The zero-order valence-corrected chi connectivity index (χ0v) is 18.2. The number of rotatable bonds is 19. The number of hydrogen-bond donors (Lipinski definition) is 0. The third-order valence-corrected chi connectivity index (χ3v) is 5.91. The van der Waals surface area contributed by atoms with Gasteiger partial charge in [-0.05, 0) is 31.6 Å². The van der Waals surface area contributed by atoms with Crippen LogP contribution in [0.3, 0.4) is 0 Å². The minimum absolute atomic E-state index is 0.416. The van der Waals surface area contributed by atoms with Crippen LogP contribution in [0.15, 0.2) is 0 Å². The molecule has 0 aliphatic rings. The molecule has 151 valence electrons. The van der Waals surface area contributed by atoms with Gasteiger partial charge in [-0.2, -0.15) is 0 Å². The molecule has 0 aliphatic carbocycles. The van der Waals surface area contributed by atoms with Crippen LogP contribution in [0, 0.1) is 5.92 Å². The Labute approximate surface area is 160 Å². The van der Waals surface area contributed by atoms with Crippen molar-refractivity contribution in [1.82, 2.24) is 0 Å². The summed E-state index contributed by atoms with van der Waals surface area (Å²) in [5.41, 5.74) is -0.640. The van der Waals surface area contributed by atoms with E-state index in [0.29, 0.717) is 5.92 Å². The zero-order chi connectivity index (χ0) is 18.8. The van der Waals surface area contributed by atoms with Crippen molar-refractivity contribution in [2.45, 2.75) is 149 Å². The quantitative estimate of drug-likeness (QED) is 0.207. The first-order valence-corrected chi connectivity index (χ1v) is 11.8. The van der Waals surface area contributed by atoms with Crippen LogP contribution in [0.25, 0.3) is 0 Å². The van der Waals surface area contributed by atoms with Crippen molar-refractivity contribution in [2.24, 2.45) is 5.92 Å². The van der Waals surface area contributed by atoms with Gasteiger partial charge in [-0.15, -0.1) is 0 Å². The largest absolute Gasteiger partial charge is 0.229 e. The van der Waals surface area contributed by atoms with E-state index in [2.05, 4.69) is 27.7 Å². The van der Waals surface area contributed by atoms with E-state index in [1.807, 2.05) is 0 Å². The highest BCUT2D eigenvalue weighted by molar-refractivity contribution is 4.86. The average molecular weight is 354 g/mol. The van der Waals surface area contributed by atoms with Gasteiger partial charge in [-0.25, -0.2) is 5.11 Å². The summed E-state index contributed by atoms with van der Waals surface area (Å²) in [4.78, 5) is 0. The molecule has 0 saturated heterocycles. The molecular weight excluding hydrogens is 304 g/mol. The van der Waals surface area contributed by atoms with Crippen molar-refractivity contribution in [3.05, 3.63) is 0 Å². The lowest BCUT2D eigenvalue weighted by molar-refractivity contribution is -0.0984. The second-order valence-electron chi connectivity index (χ2n) is 8.37. The van der Waals surface area contributed by atoms with E-state index >= 15 is 0 Å². The van der Waals surface area contributed by atoms with Gasteiger partial charge in [0.15, 0.2) is 0 Å². The monoisotopic (exact) mass is 353 g/mol. The molecule has 2 unspecified atom stereocenters. The molecule has 25 heavy (non-hydrogen) atoms. The molecule has 0 heterocycles. The summed E-state index contributed by atoms with van der Waals surface area (Å²) in [5.74, 6) is 0.416. The van der Waals surface area contributed by atoms with Gasteiger partial charge in [-0.3, -0.25) is 0 Å². The molecule has 1 nitrogen and oxygen atoms in total. The summed E-state index contributed by atoms with van der Waals surface area (Å²) >= 11 is 0. The van der Waals surface area contributed by atoms with Gasteiger partial charge in [0.25, 0.3) is 0 Å². The van der Waals surface area contributed by atoms with E-state index in [4.69, 9.17) is 0 Å². The van der Waals surface area contributed by atoms with Crippen molar-refractivity contribution in [2.75, 3.05) is 0 Å². The van der Waals surface area contributed by atoms with E-state index < -0.39 is 5.60 Å². The first kappa shape index (κ1) is 25.0. The van der Waals surface area contributed by atoms with Crippen LogP contribution in [0.2, 0.25) is 0 Å². The molecule has 0 aromatic heterocycles. The molecule has 0 fully saturated rings. The Morgan fingerprint density at radius 1 is 0.520 bits per heavy atom. The fourth-order valence-electron chi connectivity index (χ4n) is 4.35. The average Bonchev–Trinajstić information content (AvgIpc) is 2.60. The highest BCUT2D eigenvalue weighted by atomic mass is 16.3. The molecule has 0 amide bonds. The molecule has 2 atom stereocenters. The van der Waals surface area contributed by atoms with Crippen molar-refractivity contribution in [3.63, 3.8) is 0 Å². The van der Waals surface area contributed by atoms with Gasteiger partial charge in [0, 0.05) is 0 Å². The molecule has 0 spiro atoms. The number of hydrogen-bond acceptors (Lipinski definition) is 0. The van der Waals surface area contributed by atoms with Crippen molar-refractivity contribution in [3.8, 4) is 0 Å². The first-order valence-electron chi connectivity index (χ1n) is 11.8. The predicted octanol–water partition coefficient (Wildman–Crippen LogP) is 8.87. The van der Waals surface area contributed by atoms with Crippen LogP contribution in [-0.4, -0.2) is 5.60 Å². The first-order chi connectivity index (χ1) is 12.1. The SMILES string of the molecule is CCCCCCCCC(CCC)C([O])(CCC)CCCCCCCC. The maximum atomic E-state index is 13.6. The zero-order valence-electron chi connectivity index (χ0n) is 18.2. The fraction of sp³-hybridized carbons (Fsp3) is 1.00. The van der Waals surface area contributed by atoms with Crippen molar-refractivity contribution >= 4 is 0 Å². The number of unbranched alkanes of at least 4 members (excludes halogenated alkanes) is 10. The molecule has 0 aromatic carbocycles. The van der Waals surface area contributed by atoms with E-state index in [-0.39, 0.29) is 0 Å². The van der Waals surface area contributed by atoms with Crippen LogP contribution in [0.1, 0.15) is 143 Å². The van der Waals surface area contributed by atoms with Crippen LogP contribution in [0.4, 0.5) is 0 Å². The molecule has 1 heteroatoms. The Morgan fingerprint density at radius 3 is 1.56 bits per heavy atom. The minimum atomic E-state index is -0.640. The molecule has 0 aliphatic heterocycles. The summed E-state index contributed by atoms with van der Waals surface area (Å²) in [6.07, 6.45) is 22.2. The Balaban J connectivity index is 4.32. The van der Waals surface area contributed by atoms with Gasteiger partial charge < -0.3 is 0 Å². The molecule has 0 N–H and O–H groups in total. The lowest BCUT2D eigenvalue weighted by Crippen LogP contribution is -2.36. The summed E-state index contributed by atoms with van der Waals surface area (Å²) < 4.78 is 0. The molecule has 0 saturated carbocycles.